The van der Waals surface area contributed by atoms with Gasteiger partial charge in [-0.2, -0.15) is 24.5 Å². The molecule has 0 radical (unpaired) electrons. The third-order valence-electron chi connectivity index (χ3n) is 2.40. The first-order valence-corrected chi connectivity index (χ1v) is 7.20. The molecule has 2 rings (SSSR count). The van der Waals surface area contributed by atoms with E-state index in [2.05, 4.69) is 26.2 Å². The summed E-state index contributed by atoms with van der Waals surface area (Å²) in [4.78, 5) is 4.21. The largest absolute Gasteiger partial charge is 0.416 e. The molecule has 0 atom stereocenters. The van der Waals surface area contributed by atoms with Gasteiger partial charge in [0.15, 0.2) is 0 Å². The van der Waals surface area contributed by atoms with Gasteiger partial charge in [0.05, 0.1) is 11.3 Å². The summed E-state index contributed by atoms with van der Waals surface area (Å²) in [7, 11) is 0. The molecular weight excluding hydrogens is 341 g/mol. The summed E-state index contributed by atoms with van der Waals surface area (Å²) in [5, 5.41) is 6.39. The summed E-state index contributed by atoms with van der Waals surface area (Å²) in [6.45, 7) is 2.32. The molecule has 0 spiro atoms. The van der Waals surface area contributed by atoms with Crippen molar-refractivity contribution in [3.8, 4) is 11.3 Å². The highest BCUT2D eigenvalue weighted by atomic mass is 79.9. The van der Waals surface area contributed by atoms with Crippen LogP contribution in [0.1, 0.15) is 12.5 Å². The highest BCUT2D eigenvalue weighted by Crippen LogP contribution is 2.36. The van der Waals surface area contributed by atoms with Crippen molar-refractivity contribution in [2.24, 2.45) is 0 Å². The zero-order valence-corrected chi connectivity index (χ0v) is 12.3. The first kappa shape index (κ1) is 14.3. The molecule has 0 aromatic carbocycles. The Kier molecular flexibility index (Phi) is 4.15. The lowest BCUT2D eigenvalue weighted by Gasteiger charge is -2.12. The van der Waals surface area contributed by atoms with E-state index >= 15 is 0 Å². The lowest BCUT2D eigenvalue weighted by molar-refractivity contribution is -0.137. The van der Waals surface area contributed by atoms with Crippen LogP contribution in [0.4, 0.5) is 19.0 Å². The van der Waals surface area contributed by atoms with E-state index in [4.69, 9.17) is 0 Å². The van der Waals surface area contributed by atoms with E-state index in [0.29, 0.717) is 17.8 Å². The average Bonchev–Trinajstić information content (AvgIpc) is 2.74. The molecular formula is C12H10BrF3N2S. The van der Waals surface area contributed by atoms with Crippen LogP contribution >= 0.6 is 27.3 Å². The fourth-order valence-corrected chi connectivity index (χ4v) is 3.06. The number of aromatic nitrogens is 1. The number of anilines is 1. The monoisotopic (exact) mass is 350 g/mol. The highest BCUT2D eigenvalue weighted by Gasteiger charge is 2.32. The van der Waals surface area contributed by atoms with Crippen LogP contribution in [0.5, 0.6) is 0 Å². The second-order valence-electron chi connectivity index (χ2n) is 3.79. The van der Waals surface area contributed by atoms with E-state index in [1.165, 1.54) is 11.3 Å². The van der Waals surface area contributed by atoms with Crippen molar-refractivity contribution in [3.63, 3.8) is 0 Å². The standard InChI is InChI=1S/C12H10BrF3N2S/c1-2-17-11-4-7(12(14,15)16)3-10(18-11)8-5-19-6-9(8)13/h3-6H,2H2,1H3,(H,17,18). The Morgan fingerprint density at radius 1 is 1.32 bits per heavy atom. The maximum absolute atomic E-state index is 12.9. The molecule has 0 aliphatic rings. The third-order valence-corrected chi connectivity index (χ3v) is 4.10. The minimum Gasteiger partial charge on any atom is -0.370 e. The summed E-state index contributed by atoms with van der Waals surface area (Å²) < 4.78 is 39.3. The van der Waals surface area contributed by atoms with E-state index in [1.807, 2.05) is 12.3 Å². The molecule has 7 heteroatoms. The van der Waals surface area contributed by atoms with Crippen LogP contribution < -0.4 is 5.32 Å². The molecule has 0 saturated heterocycles. The minimum absolute atomic E-state index is 0.227. The van der Waals surface area contributed by atoms with Crippen LogP contribution in [0.3, 0.4) is 0 Å². The van der Waals surface area contributed by atoms with Crippen molar-refractivity contribution in [1.29, 1.82) is 0 Å². The molecule has 0 fully saturated rings. The van der Waals surface area contributed by atoms with E-state index in [9.17, 15) is 13.2 Å². The number of hydrogen-bond acceptors (Lipinski definition) is 3. The zero-order valence-electron chi connectivity index (χ0n) is 9.88. The number of alkyl halides is 3. The summed E-state index contributed by atoms with van der Waals surface area (Å²) in [5.41, 5.74) is 0.265. The number of nitrogens with one attached hydrogen (secondary N) is 1. The van der Waals surface area contributed by atoms with Gasteiger partial charge in [-0.05, 0) is 35.0 Å². The molecule has 0 aliphatic carbocycles. The van der Waals surface area contributed by atoms with Gasteiger partial charge in [-0.15, -0.1) is 0 Å². The third kappa shape index (κ3) is 3.27. The number of pyridine rings is 1. The van der Waals surface area contributed by atoms with Gasteiger partial charge >= 0.3 is 6.18 Å². The van der Waals surface area contributed by atoms with Crippen LogP contribution in [-0.2, 0) is 6.18 Å². The maximum atomic E-state index is 12.9. The Balaban J connectivity index is 2.55. The van der Waals surface area contributed by atoms with E-state index in [-0.39, 0.29) is 5.82 Å². The zero-order chi connectivity index (χ0) is 14.0. The van der Waals surface area contributed by atoms with Gasteiger partial charge in [0.1, 0.15) is 5.82 Å². The van der Waals surface area contributed by atoms with Crippen molar-refractivity contribution in [2.45, 2.75) is 13.1 Å². The molecule has 2 nitrogen and oxygen atoms in total. The first-order valence-electron chi connectivity index (χ1n) is 5.47. The molecule has 0 bridgehead atoms. The molecule has 19 heavy (non-hydrogen) atoms. The van der Waals surface area contributed by atoms with Crippen molar-refractivity contribution in [3.05, 3.63) is 32.9 Å². The summed E-state index contributed by atoms with van der Waals surface area (Å²) in [6.07, 6.45) is -4.38. The molecule has 0 amide bonds. The molecule has 102 valence electrons. The van der Waals surface area contributed by atoms with Crippen LogP contribution in [0.25, 0.3) is 11.3 Å². The Labute approximate surface area is 120 Å². The van der Waals surface area contributed by atoms with Crippen molar-refractivity contribution in [2.75, 3.05) is 11.9 Å². The van der Waals surface area contributed by atoms with Gasteiger partial charge in [-0.25, -0.2) is 4.98 Å². The Bertz CT molecular complexity index is 581. The summed E-state index contributed by atoms with van der Waals surface area (Å²) in [6, 6.07) is 2.08. The highest BCUT2D eigenvalue weighted by molar-refractivity contribution is 9.10. The van der Waals surface area contributed by atoms with Crippen LogP contribution in [-0.4, -0.2) is 11.5 Å². The Hall–Kier alpha value is -1.08. The molecule has 1 N–H and O–H groups in total. The molecule has 0 aliphatic heterocycles. The van der Waals surface area contributed by atoms with Gasteiger partial charge in [-0.3, -0.25) is 0 Å². The molecule has 2 aromatic rings. The van der Waals surface area contributed by atoms with Crippen molar-refractivity contribution in [1.82, 2.24) is 4.98 Å². The normalized spacial score (nSPS) is 11.6. The van der Waals surface area contributed by atoms with Crippen molar-refractivity contribution >= 4 is 33.1 Å². The first-order chi connectivity index (χ1) is 8.91. The summed E-state index contributed by atoms with van der Waals surface area (Å²) in [5.74, 6) is 0.227. The molecule has 2 heterocycles. The summed E-state index contributed by atoms with van der Waals surface area (Å²) >= 11 is 4.72. The predicted octanol–water partition coefficient (Wildman–Crippen LogP) is 5.02. The molecule has 0 unspecified atom stereocenters. The Morgan fingerprint density at radius 3 is 2.58 bits per heavy atom. The van der Waals surface area contributed by atoms with Crippen LogP contribution in [0, 0.1) is 0 Å². The fourth-order valence-electron chi connectivity index (χ4n) is 1.57. The predicted molar refractivity (Wildman–Crippen MR) is 74.4 cm³/mol. The lowest BCUT2D eigenvalue weighted by Crippen LogP contribution is -2.08. The number of hydrogen-bond donors (Lipinski definition) is 1. The average molecular weight is 351 g/mol. The van der Waals surface area contributed by atoms with Gasteiger partial charge < -0.3 is 5.32 Å². The lowest BCUT2D eigenvalue weighted by atomic mass is 10.1. The van der Waals surface area contributed by atoms with E-state index < -0.39 is 11.7 Å². The van der Waals surface area contributed by atoms with Crippen LogP contribution in [0.15, 0.2) is 27.4 Å². The second kappa shape index (κ2) is 5.50. The Morgan fingerprint density at radius 2 is 2.05 bits per heavy atom. The molecule has 2 aromatic heterocycles. The van der Waals surface area contributed by atoms with Gasteiger partial charge in [0.25, 0.3) is 0 Å². The SMILES string of the molecule is CCNc1cc(C(F)(F)F)cc(-c2cscc2Br)n1. The second-order valence-corrected chi connectivity index (χ2v) is 5.39. The van der Waals surface area contributed by atoms with Gasteiger partial charge in [0.2, 0.25) is 0 Å². The van der Waals surface area contributed by atoms with Gasteiger partial charge in [-0.1, -0.05) is 0 Å². The van der Waals surface area contributed by atoms with E-state index in [0.717, 1.165) is 16.6 Å². The molecule has 0 saturated carbocycles. The topological polar surface area (TPSA) is 24.9 Å². The maximum Gasteiger partial charge on any atom is 0.416 e. The minimum atomic E-state index is -4.38. The van der Waals surface area contributed by atoms with E-state index in [1.54, 1.807) is 5.38 Å². The number of rotatable bonds is 3. The van der Waals surface area contributed by atoms with Crippen LogP contribution in [0.2, 0.25) is 0 Å². The van der Waals surface area contributed by atoms with Crippen molar-refractivity contribution < 1.29 is 13.2 Å². The van der Waals surface area contributed by atoms with Gasteiger partial charge in [0, 0.05) is 27.3 Å². The number of thiophene rings is 1. The smallest absolute Gasteiger partial charge is 0.370 e. The number of nitrogens with zero attached hydrogens (tertiary/aromatic N) is 1. The number of halogens is 4. The quantitative estimate of drug-likeness (QED) is 0.840. The fraction of sp³-hybridized carbons (Fsp3) is 0.250.